The van der Waals surface area contributed by atoms with E-state index >= 15 is 0 Å². The normalized spacial score (nSPS) is 11.3. The molecule has 0 aliphatic rings. The average molecular weight is 313 g/mol. The van der Waals surface area contributed by atoms with Crippen molar-refractivity contribution < 1.29 is 9.47 Å². The Morgan fingerprint density at radius 1 is 0.870 bits per heavy atom. The second-order valence-electron chi connectivity index (χ2n) is 6.59. The summed E-state index contributed by atoms with van der Waals surface area (Å²) in [6, 6.07) is 16.3. The van der Waals surface area contributed by atoms with Crippen LogP contribution in [-0.4, -0.2) is 12.1 Å². The van der Waals surface area contributed by atoms with Crippen LogP contribution in [-0.2, 0) is 13.2 Å². The van der Waals surface area contributed by atoms with E-state index in [1.807, 2.05) is 31.2 Å². The molecule has 0 aliphatic heterocycles. The predicted molar refractivity (Wildman–Crippen MR) is 95.0 cm³/mol. The van der Waals surface area contributed by atoms with Crippen molar-refractivity contribution in [2.24, 2.45) is 0 Å². The average Bonchev–Trinajstić information content (AvgIpc) is 2.52. The van der Waals surface area contributed by atoms with Gasteiger partial charge in [-0.3, -0.25) is 0 Å². The van der Waals surface area contributed by atoms with Crippen LogP contribution in [0, 0.1) is 0 Å². The second kappa shape index (κ2) is 8.02. The number of benzene rings is 2. The number of nitrogens with one attached hydrogen (secondary N) is 1. The fourth-order valence-electron chi connectivity index (χ4n) is 2.15. The van der Waals surface area contributed by atoms with E-state index in [0.29, 0.717) is 13.2 Å². The minimum absolute atomic E-state index is 0.0915. The lowest BCUT2D eigenvalue weighted by molar-refractivity contribution is 0.269. The van der Waals surface area contributed by atoms with Gasteiger partial charge < -0.3 is 14.8 Å². The molecular formula is C20H27NO2. The molecule has 1 N–H and O–H groups in total. The summed E-state index contributed by atoms with van der Waals surface area (Å²) in [6.45, 7) is 10.4. The van der Waals surface area contributed by atoms with Crippen molar-refractivity contribution in [1.82, 2.24) is 5.32 Å². The summed E-state index contributed by atoms with van der Waals surface area (Å²) in [7, 11) is 0. The quantitative estimate of drug-likeness (QED) is 0.813. The zero-order chi connectivity index (χ0) is 16.7. The van der Waals surface area contributed by atoms with Crippen molar-refractivity contribution in [3.8, 4) is 11.5 Å². The zero-order valence-electron chi connectivity index (χ0n) is 14.6. The van der Waals surface area contributed by atoms with Gasteiger partial charge in [0.05, 0.1) is 6.61 Å². The van der Waals surface area contributed by atoms with E-state index in [1.54, 1.807) is 0 Å². The molecule has 0 bridgehead atoms. The molecule has 3 nitrogen and oxygen atoms in total. The van der Waals surface area contributed by atoms with Crippen LogP contribution in [0.4, 0.5) is 0 Å². The molecule has 0 radical (unpaired) electrons. The minimum atomic E-state index is 0.0915. The van der Waals surface area contributed by atoms with Crippen LogP contribution in [0.2, 0.25) is 0 Å². The van der Waals surface area contributed by atoms with E-state index in [-0.39, 0.29) is 5.54 Å². The van der Waals surface area contributed by atoms with Crippen LogP contribution < -0.4 is 14.8 Å². The van der Waals surface area contributed by atoms with Gasteiger partial charge in [-0.15, -0.1) is 0 Å². The predicted octanol–water partition coefficient (Wildman–Crippen LogP) is 4.55. The van der Waals surface area contributed by atoms with Gasteiger partial charge in [0.15, 0.2) is 11.5 Å². The molecule has 0 unspecified atom stereocenters. The van der Waals surface area contributed by atoms with E-state index in [9.17, 15) is 0 Å². The Morgan fingerprint density at radius 3 is 2.26 bits per heavy atom. The maximum atomic E-state index is 5.93. The minimum Gasteiger partial charge on any atom is -0.490 e. The molecule has 124 valence electrons. The molecule has 0 aromatic heterocycles. The van der Waals surface area contributed by atoms with Gasteiger partial charge in [0.1, 0.15) is 6.61 Å². The molecule has 0 atom stereocenters. The Balaban J connectivity index is 2.06. The lowest BCUT2D eigenvalue weighted by Crippen LogP contribution is -2.35. The zero-order valence-corrected chi connectivity index (χ0v) is 14.6. The van der Waals surface area contributed by atoms with Crippen LogP contribution in [0.3, 0.4) is 0 Å². The van der Waals surface area contributed by atoms with Gasteiger partial charge in [-0.2, -0.15) is 0 Å². The van der Waals surface area contributed by atoms with E-state index in [1.165, 1.54) is 5.56 Å². The smallest absolute Gasteiger partial charge is 0.161 e. The van der Waals surface area contributed by atoms with Crippen LogP contribution in [0.1, 0.15) is 38.8 Å². The van der Waals surface area contributed by atoms with Gasteiger partial charge in [0.2, 0.25) is 0 Å². The molecule has 2 rings (SSSR count). The van der Waals surface area contributed by atoms with Crippen molar-refractivity contribution in [3.05, 3.63) is 59.7 Å². The first-order valence-corrected chi connectivity index (χ1v) is 8.15. The molecule has 0 saturated heterocycles. The summed E-state index contributed by atoms with van der Waals surface area (Å²) in [5, 5.41) is 3.49. The van der Waals surface area contributed by atoms with Crippen LogP contribution in [0.25, 0.3) is 0 Å². The van der Waals surface area contributed by atoms with E-state index < -0.39 is 0 Å². The molecule has 2 aromatic carbocycles. The molecule has 0 saturated carbocycles. The Hall–Kier alpha value is -2.00. The monoisotopic (exact) mass is 313 g/mol. The number of ether oxygens (including phenoxy) is 2. The Morgan fingerprint density at radius 2 is 1.61 bits per heavy atom. The molecule has 0 amide bonds. The summed E-state index contributed by atoms with van der Waals surface area (Å²) in [4.78, 5) is 0. The van der Waals surface area contributed by atoms with Crippen molar-refractivity contribution >= 4 is 0 Å². The molecule has 3 heteroatoms. The first-order chi connectivity index (χ1) is 11.0. The van der Waals surface area contributed by atoms with Crippen molar-refractivity contribution in [2.75, 3.05) is 6.61 Å². The fourth-order valence-corrected chi connectivity index (χ4v) is 2.15. The third-order valence-corrected chi connectivity index (χ3v) is 3.37. The van der Waals surface area contributed by atoms with Crippen molar-refractivity contribution in [2.45, 2.75) is 46.4 Å². The number of hydrogen-bond acceptors (Lipinski definition) is 3. The van der Waals surface area contributed by atoms with Gasteiger partial charge in [0, 0.05) is 12.1 Å². The van der Waals surface area contributed by atoms with Gasteiger partial charge >= 0.3 is 0 Å². The van der Waals surface area contributed by atoms with Crippen molar-refractivity contribution in [3.63, 3.8) is 0 Å². The van der Waals surface area contributed by atoms with Gasteiger partial charge in [-0.1, -0.05) is 36.4 Å². The largest absolute Gasteiger partial charge is 0.490 e. The highest BCUT2D eigenvalue weighted by atomic mass is 16.5. The first-order valence-electron chi connectivity index (χ1n) is 8.15. The summed E-state index contributed by atoms with van der Waals surface area (Å²) in [6.07, 6.45) is 0. The summed E-state index contributed by atoms with van der Waals surface area (Å²) >= 11 is 0. The molecule has 0 aliphatic carbocycles. The van der Waals surface area contributed by atoms with Gasteiger partial charge in [0.25, 0.3) is 0 Å². The Labute approximate surface area is 139 Å². The van der Waals surface area contributed by atoms with Crippen LogP contribution in [0.5, 0.6) is 11.5 Å². The van der Waals surface area contributed by atoms with E-state index in [4.69, 9.17) is 9.47 Å². The Kier molecular flexibility index (Phi) is 6.05. The lowest BCUT2D eigenvalue weighted by atomic mass is 10.1. The molecular weight excluding hydrogens is 286 g/mol. The highest BCUT2D eigenvalue weighted by Gasteiger charge is 2.11. The Bertz CT molecular complexity index is 603. The van der Waals surface area contributed by atoms with Crippen LogP contribution >= 0.6 is 0 Å². The summed E-state index contributed by atoms with van der Waals surface area (Å²) in [5.41, 5.74) is 2.43. The highest BCUT2D eigenvalue weighted by Crippen LogP contribution is 2.29. The van der Waals surface area contributed by atoms with Gasteiger partial charge in [-0.05, 0) is 51.0 Å². The number of rotatable bonds is 7. The molecule has 0 spiro atoms. The standard InChI is InChI=1S/C20H27NO2/c1-5-22-19-13-17(14-21-20(2,3)4)11-12-18(19)23-15-16-9-7-6-8-10-16/h6-13,21H,5,14-15H2,1-4H3. The van der Waals surface area contributed by atoms with E-state index in [0.717, 1.165) is 23.6 Å². The topological polar surface area (TPSA) is 30.5 Å². The van der Waals surface area contributed by atoms with Crippen LogP contribution in [0.15, 0.2) is 48.5 Å². The summed E-state index contributed by atoms with van der Waals surface area (Å²) < 4.78 is 11.7. The third-order valence-electron chi connectivity index (χ3n) is 3.37. The van der Waals surface area contributed by atoms with Gasteiger partial charge in [-0.25, -0.2) is 0 Å². The third kappa shape index (κ3) is 5.95. The van der Waals surface area contributed by atoms with Crippen molar-refractivity contribution in [1.29, 1.82) is 0 Å². The maximum Gasteiger partial charge on any atom is 0.161 e. The molecule has 0 heterocycles. The van der Waals surface area contributed by atoms with E-state index in [2.05, 4.69) is 50.4 Å². The SMILES string of the molecule is CCOc1cc(CNC(C)(C)C)ccc1OCc1ccccc1. The molecule has 23 heavy (non-hydrogen) atoms. The fraction of sp³-hybridized carbons (Fsp3) is 0.400. The molecule has 0 fully saturated rings. The number of hydrogen-bond donors (Lipinski definition) is 1. The maximum absolute atomic E-state index is 5.93. The molecule has 2 aromatic rings. The highest BCUT2D eigenvalue weighted by molar-refractivity contribution is 5.43. The first kappa shape index (κ1) is 17.4. The summed E-state index contributed by atoms with van der Waals surface area (Å²) in [5.74, 6) is 1.59. The second-order valence-corrected chi connectivity index (χ2v) is 6.59. The lowest BCUT2D eigenvalue weighted by Gasteiger charge is -2.21.